The lowest BCUT2D eigenvalue weighted by Crippen LogP contribution is -2.29. The fraction of sp³-hybridized carbons (Fsp3) is 0.269. The van der Waals surface area contributed by atoms with Crippen LogP contribution in [0.3, 0.4) is 0 Å². The summed E-state index contributed by atoms with van der Waals surface area (Å²) in [6, 6.07) is 13.0. The lowest BCUT2D eigenvalue weighted by atomic mass is 10.0. The zero-order valence-electron chi connectivity index (χ0n) is 20.0. The van der Waals surface area contributed by atoms with Crippen molar-refractivity contribution >= 4 is 23.2 Å². The number of benzene rings is 2. The van der Waals surface area contributed by atoms with Crippen molar-refractivity contribution in [3.63, 3.8) is 0 Å². The molecule has 0 aliphatic heterocycles. The Balaban J connectivity index is 1.81. The second kappa shape index (κ2) is 9.28. The van der Waals surface area contributed by atoms with E-state index in [0.717, 1.165) is 11.6 Å². The maximum atomic E-state index is 13.4. The summed E-state index contributed by atoms with van der Waals surface area (Å²) in [5.41, 5.74) is 3.22. The number of carbonyl (C=O) groups excluding carboxylic acids is 1. The van der Waals surface area contributed by atoms with Crippen LogP contribution in [0.4, 0.5) is 4.39 Å². The SMILES string of the molecule is COC(=O)[C@@H](OC(C)(C)C)c1c(C)nc2cc(-c3cccc(-c4ccc(F)cc4O)c3)nn2c1Cl. The Morgan fingerprint density at radius 3 is 2.51 bits per heavy atom. The molecular formula is C26H25ClFN3O4. The van der Waals surface area contributed by atoms with Gasteiger partial charge in [0.05, 0.1) is 24.0 Å². The molecule has 0 saturated heterocycles. The van der Waals surface area contributed by atoms with Crippen LogP contribution in [-0.2, 0) is 14.3 Å². The Labute approximate surface area is 207 Å². The number of aromatic nitrogens is 3. The van der Waals surface area contributed by atoms with E-state index in [1.54, 1.807) is 13.0 Å². The van der Waals surface area contributed by atoms with Crippen LogP contribution < -0.4 is 0 Å². The third-order valence-electron chi connectivity index (χ3n) is 5.35. The first kappa shape index (κ1) is 24.6. The van der Waals surface area contributed by atoms with Crippen molar-refractivity contribution in [2.75, 3.05) is 7.11 Å². The third kappa shape index (κ3) is 4.99. The highest BCUT2D eigenvalue weighted by Crippen LogP contribution is 2.35. The van der Waals surface area contributed by atoms with Crippen molar-refractivity contribution in [2.45, 2.75) is 39.4 Å². The number of esters is 1. The van der Waals surface area contributed by atoms with Crippen LogP contribution in [0.25, 0.3) is 28.0 Å². The normalized spacial score (nSPS) is 12.7. The molecule has 2 aromatic heterocycles. The minimum atomic E-state index is -1.08. The van der Waals surface area contributed by atoms with Crippen molar-refractivity contribution in [3.8, 4) is 28.1 Å². The standard InChI is InChI=1S/C26H25ClFN3O4/c1-14-22(23(25(33)34-5)35-26(2,3)4)24(27)31-21(29-14)13-19(30-31)16-8-6-7-15(11-16)18-10-9-17(28)12-20(18)32/h6-13,23,32H,1-5H3/t23-/m0/s1. The quantitative estimate of drug-likeness (QED) is 0.273. The molecule has 0 fully saturated rings. The molecule has 0 unspecified atom stereocenters. The largest absolute Gasteiger partial charge is 0.507 e. The zero-order valence-corrected chi connectivity index (χ0v) is 20.7. The van der Waals surface area contributed by atoms with E-state index in [1.165, 1.54) is 23.8 Å². The predicted molar refractivity (Wildman–Crippen MR) is 131 cm³/mol. The molecule has 0 spiro atoms. The van der Waals surface area contributed by atoms with Gasteiger partial charge in [0.15, 0.2) is 11.8 Å². The number of aryl methyl sites for hydroxylation is 1. The number of halogens is 2. The van der Waals surface area contributed by atoms with Gasteiger partial charge in [-0.25, -0.2) is 18.7 Å². The highest BCUT2D eigenvalue weighted by molar-refractivity contribution is 6.30. The van der Waals surface area contributed by atoms with Gasteiger partial charge in [0.2, 0.25) is 0 Å². The Bertz CT molecular complexity index is 1430. The van der Waals surface area contributed by atoms with E-state index in [2.05, 4.69) is 10.1 Å². The van der Waals surface area contributed by atoms with Gasteiger partial charge in [-0.1, -0.05) is 29.8 Å². The van der Waals surface area contributed by atoms with E-state index >= 15 is 0 Å². The van der Waals surface area contributed by atoms with Gasteiger partial charge in [0.1, 0.15) is 16.7 Å². The molecule has 2 aromatic carbocycles. The summed E-state index contributed by atoms with van der Waals surface area (Å²) in [4.78, 5) is 17.2. The van der Waals surface area contributed by atoms with Gasteiger partial charge in [-0.3, -0.25) is 0 Å². The van der Waals surface area contributed by atoms with Crippen molar-refractivity contribution in [2.24, 2.45) is 0 Å². The molecule has 4 rings (SSSR count). The molecule has 1 N–H and O–H groups in total. The van der Waals surface area contributed by atoms with Crippen molar-refractivity contribution in [1.29, 1.82) is 0 Å². The summed E-state index contributed by atoms with van der Waals surface area (Å²) in [5.74, 6) is -1.27. The smallest absolute Gasteiger partial charge is 0.339 e. The third-order valence-corrected chi connectivity index (χ3v) is 5.71. The molecule has 2 heterocycles. The lowest BCUT2D eigenvalue weighted by molar-refractivity contribution is -0.164. The Hall–Kier alpha value is -3.49. The van der Waals surface area contributed by atoms with Crippen LogP contribution in [0.5, 0.6) is 5.75 Å². The molecule has 182 valence electrons. The highest BCUT2D eigenvalue weighted by atomic mass is 35.5. The summed E-state index contributed by atoms with van der Waals surface area (Å²) < 4.78 is 25.8. The number of nitrogens with zero attached hydrogens (tertiary/aromatic N) is 3. The van der Waals surface area contributed by atoms with E-state index in [-0.39, 0.29) is 10.9 Å². The predicted octanol–water partition coefficient (Wildman–Crippen LogP) is 5.90. The molecule has 0 bridgehead atoms. The van der Waals surface area contributed by atoms with Gasteiger partial charge < -0.3 is 14.6 Å². The van der Waals surface area contributed by atoms with Gasteiger partial charge in [0.25, 0.3) is 0 Å². The minimum absolute atomic E-state index is 0.158. The molecule has 4 aromatic rings. The molecule has 0 saturated carbocycles. The molecule has 1 atom stereocenters. The van der Waals surface area contributed by atoms with E-state index in [0.29, 0.717) is 33.7 Å². The second-order valence-corrected chi connectivity index (χ2v) is 9.43. The first-order valence-corrected chi connectivity index (χ1v) is 11.3. The molecule has 35 heavy (non-hydrogen) atoms. The van der Waals surface area contributed by atoms with E-state index in [9.17, 15) is 14.3 Å². The molecule has 7 nitrogen and oxygen atoms in total. The molecule has 9 heteroatoms. The van der Waals surface area contributed by atoms with Crippen LogP contribution in [0, 0.1) is 12.7 Å². The van der Waals surface area contributed by atoms with Gasteiger partial charge in [-0.15, -0.1) is 0 Å². The van der Waals surface area contributed by atoms with Crippen molar-refractivity contribution in [1.82, 2.24) is 14.6 Å². The summed E-state index contributed by atoms with van der Waals surface area (Å²) in [6.45, 7) is 7.23. The number of rotatable bonds is 5. The topological polar surface area (TPSA) is 86.0 Å². The average Bonchev–Trinajstić information content (AvgIpc) is 3.21. The first-order valence-electron chi connectivity index (χ1n) is 10.9. The van der Waals surface area contributed by atoms with Crippen LogP contribution in [0.15, 0.2) is 48.5 Å². The number of hydrogen-bond donors (Lipinski definition) is 1. The van der Waals surface area contributed by atoms with Crippen molar-refractivity contribution in [3.05, 3.63) is 70.8 Å². The summed E-state index contributed by atoms with van der Waals surface area (Å²) in [5, 5.41) is 15.0. The molecule has 0 aliphatic carbocycles. The minimum Gasteiger partial charge on any atom is -0.507 e. The molecule has 0 amide bonds. The number of carbonyl (C=O) groups is 1. The molecule has 0 aliphatic rings. The fourth-order valence-electron chi connectivity index (χ4n) is 3.81. The van der Waals surface area contributed by atoms with Crippen LogP contribution in [-0.4, -0.2) is 38.4 Å². The Morgan fingerprint density at radius 2 is 1.86 bits per heavy atom. The second-order valence-electron chi connectivity index (χ2n) is 9.08. The number of phenols is 1. The van der Waals surface area contributed by atoms with E-state index in [4.69, 9.17) is 21.1 Å². The fourth-order valence-corrected chi connectivity index (χ4v) is 4.17. The lowest BCUT2D eigenvalue weighted by Gasteiger charge is -2.27. The first-order chi connectivity index (χ1) is 16.5. The van der Waals surface area contributed by atoms with Gasteiger partial charge in [0, 0.05) is 29.0 Å². The Kier molecular flexibility index (Phi) is 6.53. The summed E-state index contributed by atoms with van der Waals surface area (Å²) in [7, 11) is 1.29. The van der Waals surface area contributed by atoms with Gasteiger partial charge in [-0.2, -0.15) is 5.10 Å². The molecule has 0 radical (unpaired) electrons. The van der Waals surface area contributed by atoms with Gasteiger partial charge in [-0.05, 0) is 51.5 Å². The average molecular weight is 498 g/mol. The summed E-state index contributed by atoms with van der Waals surface area (Å²) >= 11 is 6.74. The van der Waals surface area contributed by atoms with Crippen molar-refractivity contribution < 1.29 is 23.8 Å². The summed E-state index contributed by atoms with van der Waals surface area (Å²) in [6.07, 6.45) is -1.08. The number of methoxy groups -OCH3 is 1. The van der Waals surface area contributed by atoms with Crippen LogP contribution >= 0.6 is 11.6 Å². The molecular weight excluding hydrogens is 473 g/mol. The maximum Gasteiger partial charge on any atom is 0.339 e. The highest BCUT2D eigenvalue weighted by Gasteiger charge is 2.33. The number of hydrogen-bond acceptors (Lipinski definition) is 6. The number of phenolic OH excluding ortho intramolecular Hbond substituents is 1. The van der Waals surface area contributed by atoms with Crippen LogP contribution in [0.1, 0.15) is 38.1 Å². The number of ether oxygens (including phenoxy) is 2. The zero-order chi connectivity index (χ0) is 25.5. The Morgan fingerprint density at radius 1 is 1.14 bits per heavy atom. The number of aromatic hydroxyl groups is 1. The van der Waals surface area contributed by atoms with E-state index < -0.39 is 23.5 Å². The monoisotopic (exact) mass is 497 g/mol. The van der Waals surface area contributed by atoms with Gasteiger partial charge >= 0.3 is 5.97 Å². The van der Waals surface area contributed by atoms with E-state index in [1.807, 2.05) is 45.0 Å². The number of fused-ring (bicyclic) bond motifs is 1. The van der Waals surface area contributed by atoms with Crippen LogP contribution in [0.2, 0.25) is 5.15 Å². The maximum absolute atomic E-state index is 13.4.